The van der Waals surface area contributed by atoms with Gasteiger partial charge in [-0.2, -0.15) is 5.26 Å². The third kappa shape index (κ3) is 7.08. The van der Waals surface area contributed by atoms with Crippen molar-refractivity contribution in [2.24, 2.45) is 0 Å². The Morgan fingerprint density at radius 3 is 2.47 bits per heavy atom. The second-order valence-electron chi connectivity index (χ2n) is 9.98. The monoisotopic (exact) mass is 510 g/mol. The van der Waals surface area contributed by atoms with E-state index in [1.165, 1.54) is 4.90 Å². The average Bonchev–Trinajstić information content (AvgIpc) is 2.83. The number of nitriles is 1. The number of nitrogens with one attached hydrogen (secondary N) is 1. The lowest BCUT2D eigenvalue weighted by atomic mass is 9.99. The van der Waals surface area contributed by atoms with Gasteiger partial charge in [-0.15, -0.1) is 0 Å². The van der Waals surface area contributed by atoms with Crippen LogP contribution in [0.1, 0.15) is 45.6 Å². The number of hydrogen-bond acceptors (Lipinski definition) is 6. The molecule has 1 unspecified atom stereocenters. The topological polar surface area (TPSA) is 126 Å². The van der Waals surface area contributed by atoms with Gasteiger partial charge in [0.15, 0.2) is 0 Å². The number of nitrogen functional groups attached to an aromatic ring is 1. The first-order chi connectivity index (χ1) is 17.0. The van der Waals surface area contributed by atoms with Gasteiger partial charge in [0.1, 0.15) is 17.7 Å². The van der Waals surface area contributed by atoms with Crippen molar-refractivity contribution in [1.82, 2.24) is 10.2 Å². The van der Waals surface area contributed by atoms with Gasteiger partial charge in [-0.3, -0.25) is 13.9 Å². The number of likely N-dealkylation sites (tertiary alicyclic amines) is 1. The van der Waals surface area contributed by atoms with Gasteiger partial charge >= 0.3 is 6.09 Å². The van der Waals surface area contributed by atoms with Crippen molar-refractivity contribution in [2.75, 3.05) is 18.5 Å². The molecular weight excluding hydrogens is 476 g/mol. The molecule has 0 bridgehead atoms. The standard InChI is InChI=1S/C27H34N4O4S/c1-27(2,3)35-26(33)31-14-6-5-7-23(31)25(32)30-21(17-28)15-18-8-10-19(11-9-18)20-12-13-22(29)24(16-20)36(4)34/h8-13,16,21,23H,5-7,14-15,29H2,1-4H3,(H,30,32)/t21-,23-,36?/m0/s1. The number of carbonyl (C=O) groups is 2. The van der Waals surface area contributed by atoms with E-state index in [2.05, 4.69) is 11.4 Å². The Balaban J connectivity index is 1.67. The molecule has 0 radical (unpaired) electrons. The summed E-state index contributed by atoms with van der Waals surface area (Å²) in [5, 5.41) is 12.5. The summed E-state index contributed by atoms with van der Waals surface area (Å²) in [7, 11) is -1.19. The maximum Gasteiger partial charge on any atom is 0.410 e. The van der Waals surface area contributed by atoms with E-state index in [4.69, 9.17) is 10.5 Å². The lowest BCUT2D eigenvalue weighted by molar-refractivity contribution is -0.128. The van der Waals surface area contributed by atoms with Crippen molar-refractivity contribution < 1.29 is 18.5 Å². The number of anilines is 1. The highest BCUT2D eigenvalue weighted by Gasteiger charge is 2.35. The van der Waals surface area contributed by atoms with Gasteiger partial charge in [-0.05, 0) is 68.9 Å². The van der Waals surface area contributed by atoms with Gasteiger partial charge in [-0.1, -0.05) is 30.3 Å². The first-order valence-electron chi connectivity index (χ1n) is 12.0. The van der Waals surface area contributed by atoms with Crippen molar-refractivity contribution in [3.63, 3.8) is 0 Å². The lowest BCUT2D eigenvalue weighted by Gasteiger charge is -2.36. The molecule has 2 amide bonds. The maximum atomic E-state index is 13.0. The maximum absolute atomic E-state index is 13.0. The molecule has 0 saturated carbocycles. The Labute approximate surface area is 215 Å². The molecule has 1 fully saturated rings. The number of ether oxygens (including phenoxy) is 1. The number of nitrogens with zero attached hydrogens (tertiary/aromatic N) is 2. The van der Waals surface area contributed by atoms with E-state index in [1.54, 1.807) is 33.1 Å². The predicted octanol–water partition coefficient (Wildman–Crippen LogP) is 4.01. The van der Waals surface area contributed by atoms with E-state index in [9.17, 15) is 19.1 Å². The zero-order chi connectivity index (χ0) is 26.5. The Bertz CT molecular complexity index is 1170. The molecule has 0 aliphatic carbocycles. The second kappa shape index (κ2) is 11.6. The van der Waals surface area contributed by atoms with Gasteiger partial charge in [0.05, 0.1) is 21.8 Å². The fraction of sp³-hybridized carbons (Fsp3) is 0.444. The summed E-state index contributed by atoms with van der Waals surface area (Å²) >= 11 is 0. The van der Waals surface area contributed by atoms with Crippen molar-refractivity contribution in [1.29, 1.82) is 5.26 Å². The van der Waals surface area contributed by atoms with E-state index < -0.39 is 34.6 Å². The first-order valence-corrected chi connectivity index (χ1v) is 13.6. The summed E-state index contributed by atoms with van der Waals surface area (Å²) in [5.74, 6) is -0.342. The van der Waals surface area contributed by atoms with Crippen LogP contribution >= 0.6 is 0 Å². The number of hydrogen-bond donors (Lipinski definition) is 2. The fourth-order valence-corrected chi connectivity index (χ4v) is 4.86. The van der Waals surface area contributed by atoms with Crippen LogP contribution in [0.5, 0.6) is 0 Å². The molecule has 1 saturated heterocycles. The molecule has 192 valence electrons. The van der Waals surface area contributed by atoms with Crippen LogP contribution in [0.15, 0.2) is 47.4 Å². The molecule has 2 aromatic carbocycles. The van der Waals surface area contributed by atoms with Crippen LogP contribution in [-0.4, -0.2) is 51.6 Å². The minimum absolute atomic E-state index is 0.327. The Hall–Kier alpha value is -3.38. The van der Waals surface area contributed by atoms with Crippen LogP contribution in [0.4, 0.5) is 10.5 Å². The molecule has 0 aromatic heterocycles. The van der Waals surface area contributed by atoms with Gasteiger partial charge in [0.25, 0.3) is 0 Å². The molecule has 3 atom stereocenters. The molecule has 3 N–H and O–H groups in total. The zero-order valence-corrected chi connectivity index (χ0v) is 22.1. The van der Waals surface area contributed by atoms with Gasteiger partial charge < -0.3 is 15.8 Å². The molecule has 9 heteroatoms. The quantitative estimate of drug-likeness (QED) is 0.566. The van der Waals surface area contributed by atoms with Crippen LogP contribution in [0.2, 0.25) is 0 Å². The van der Waals surface area contributed by atoms with Crippen molar-refractivity contribution in [3.05, 3.63) is 48.0 Å². The predicted molar refractivity (Wildman–Crippen MR) is 140 cm³/mol. The molecule has 1 aliphatic heterocycles. The van der Waals surface area contributed by atoms with E-state index >= 15 is 0 Å². The van der Waals surface area contributed by atoms with E-state index in [-0.39, 0.29) is 5.91 Å². The normalized spacial score (nSPS) is 17.5. The summed E-state index contributed by atoms with van der Waals surface area (Å²) in [6.45, 7) is 5.82. The molecular formula is C27H34N4O4S. The number of rotatable bonds is 6. The smallest absolute Gasteiger partial charge is 0.410 e. The largest absolute Gasteiger partial charge is 0.444 e. The summed E-state index contributed by atoms with van der Waals surface area (Å²) in [6, 6.07) is 13.8. The highest BCUT2D eigenvalue weighted by molar-refractivity contribution is 7.84. The highest BCUT2D eigenvalue weighted by Crippen LogP contribution is 2.26. The van der Waals surface area contributed by atoms with Crippen molar-refractivity contribution in [3.8, 4) is 17.2 Å². The average molecular weight is 511 g/mol. The second-order valence-corrected chi connectivity index (χ2v) is 11.3. The Kier molecular flexibility index (Phi) is 8.75. The number of nitrogens with two attached hydrogens (primary N) is 1. The molecule has 1 aliphatic rings. The van der Waals surface area contributed by atoms with Gasteiger partial charge in [0, 0.05) is 24.9 Å². The number of piperidine rings is 1. The summed E-state index contributed by atoms with van der Waals surface area (Å²) in [5.41, 5.74) is 8.47. The number of amides is 2. The van der Waals surface area contributed by atoms with E-state index in [1.807, 2.05) is 36.4 Å². The summed E-state index contributed by atoms with van der Waals surface area (Å²) in [6.07, 6.45) is 3.58. The van der Waals surface area contributed by atoms with E-state index in [0.29, 0.717) is 30.0 Å². The van der Waals surface area contributed by atoms with Crippen LogP contribution in [0.3, 0.4) is 0 Å². The fourth-order valence-electron chi connectivity index (χ4n) is 4.17. The lowest BCUT2D eigenvalue weighted by Crippen LogP contribution is -2.54. The minimum Gasteiger partial charge on any atom is -0.444 e. The van der Waals surface area contributed by atoms with Gasteiger partial charge in [-0.25, -0.2) is 4.79 Å². The SMILES string of the molecule is CS(=O)c1cc(-c2ccc(C[C@@H](C#N)NC(=O)[C@@H]3CCCCN3C(=O)OC(C)(C)C)cc2)ccc1N. The van der Waals surface area contributed by atoms with E-state index in [0.717, 1.165) is 29.5 Å². The molecule has 8 nitrogen and oxygen atoms in total. The van der Waals surface area contributed by atoms with Crippen LogP contribution < -0.4 is 11.1 Å². The van der Waals surface area contributed by atoms with Crippen molar-refractivity contribution >= 4 is 28.5 Å². The zero-order valence-electron chi connectivity index (χ0n) is 21.2. The summed E-state index contributed by atoms with van der Waals surface area (Å²) < 4.78 is 17.4. The molecule has 1 heterocycles. The first kappa shape index (κ1) is 27.2. The van der Waals surface area contributed by atoms with Gasteiger partial charge in [0.2, 0.25) is 5.91 Å². The summed E-state index contributed by atoms with van der Waals surface area (Å²) in [4.78, 5) is 27.7. The van der Waals surface area contributed by atoms with Crippen LogP contribution in [0, 0.1) is 11.3 Å². The Morgan fingerprint density at radius 2 is 1.86 bits per heavy atom. The molecule has 3 rings (SSSR count). The minimum atomic E-state index is -1.19. The number of carbonyl (C=O) groups excluding carboxylic acids is 2. The van der Waals surface area contributed by atoms with Crippen LogP contribution in [-0.2, 0) is 26.8 Å². The Morgan fingerprint density at radius 1 is 1.19 bits per heavy atom. The highest BCUT2D eigenvalue weighted by atomic mass is 32.2. The van der Waals surface area contributed by atoms with Crippen molar-refractivity contribution in [2.45, 2.75) is 69.0 Å². The third-order valence-electron chi connectivity index (χ3n) is 5.96. The molecule has 0 spiro atoms. The molecule has 2 aromatic rings. The number of benzene rings is 2. The van der Waals surface area contributed by atoms with Crippen LogP contribution in [0.25, 0.3) is 11.1 Å². The third-order valence-corrected chi connectivity index (χ3v) is 6.93. The molecule has 36 heavy (non-hydrogen) atoms.